The Hall–Kier alpha value is -4.36. The lowest BCUT2D eigenvalue weighted by molar-refractivity contribution is -0.130. The molecule has 7 heteroatoms. The van der Waals surface area contributed by atoms with Gasteiger partial charge in [-0.05, 0) is 42.3 Å². The first-order chi connectivity index (χ1) is 18.0. The van der Waals surface area contributed by atoms with E-state index in [9.17, 15) is 14.7 Å². The molecule has 0 spiro atoms. The van der Waals surface area contributed by atoms with Gasteiger partial charge in [0.05, 0.1) is 18.2 Å². The maximum atomic E-state index is 13.6. The number of aliphatic hydroxyl groups is 1. The number of hydrogen-bond donors (Lipinski definition) is 1. The standard InChI is InChI=1S/C30H27NO6/c1-19-10-12-20(13-11-19)18-36-23-8-5-7-22(16-23)27-26(29(33)30(34)31(27)14-15-35-2)28(32)25-17-21-6-3-4-9-24(21)37-25/h3-13,16-17,27,33H,14-15,18H2,1-2H3. The van der Waals surface area contributed by atoms with E-state index in [0.29, 0.717) is 23.5 Å². The number of nitrogens with zero attached hydrogens (tertiary/aromatic N) is 1. The second-order valence-corrected chi connectivity index (χ2v) is 8.98. The molecule has 0 saturated carbocycles. The smallest absolute Gasteiger partial charge is 0.290 e. The van der Waals surface area contributed by atoms with Gasteiger partial charge in [-0.3, -0.25) is 9.59 Å². The van der Waals surface area contributed by atoms with E-state index >= 15 is 0 Å². The molecule has 37 heavy (non-hydrogen) atoms. The predicted octanol–water partition coefficient (Wildman–Crippen LogP) is 5.54. The summed E-state index contributed by atoms with van der Waals surface area (Å²) in [6.45, 7) is 2.83. The first-order valence-corrected chi connectivity index (χ1v) is 12.0. The number of carbonyl (C=O) groups is 2. The molecule has 5 rings (SSSR count). The molecule has 0 radical (unpaired) electrons. The van der Waals surface area contributed by atoms with Gasteiger partial charge >= 0.3 is 0 Å². The van der Waals surface area contributed by atoms with Gasteiger partial charge in [0.2, 0.25) is 5.78 Å². The molecule has 1 N–H and O–H groups in total. The van der Waals surface area contributed by atoms with Crippen LogP contribution in [-0.4, -0.2) is 42.0 Å². The number of amides is 1. The van der Waals surface area contributed by atoms with Crippen LogP contribution in [0.2, 0.25) is 0 Å². The summed E-state index contributed by atoms with van der Waals surface area (Å²) >= 11 is 0. The van der Waals surface area contributed by atoms with Crippen LogP contribution in [-0.2, 0) is 16.1 Å². The van der Waals surface area contributed by atoms with Crippen molar-refractivity contribution in [2.75, 3.05) is 20.3 Å². The van der Waals surface area contributed by atoms with Crippen molar-refractivity contribution < 1.29 is 28.6 Å². The quantitative estimate of drug-likeness (QED) is 0.305. The van der Waals surface area contributed by atoms with Crippen molar-refractivity contribution in [3.8, 4) is 5.75 Å². The van der Waals surface area contributed by atoms with E-state index in [1.807, 2.05) is 55.5 Å². The number of Topliss-reactive ketones (excluding diaryl/α,β-unsaturated/α-hetero) is 1. The first-order valence-electron chi connectivity index (χ1n) is 12.0. The first kappa shape index (κ1) is 24.3. The molecule has 1 amide bonds. The van der Waals surface area contributed by atoms with E-state index in [1.165, 1.54) is 17.6 Å². The van der Waals surface area contributed by atoms with Crippen molar-refractivity contribution in [1.82, 2.24) is 4.90 Å². The molecule has 4 aromatic rings. The van der Waals surface area contributed by atoms with E-state index in [0.717, 1.165) is 10.9 Å². The average molecular weight is 498 g/mol. The molecule has 1 atom stereocenters. The molecule has 1 aliphatic heterocycles. The fourth-order valence-electron chi connectivity index (χ4n) is 4.50. The van der Waals surface area contributed by atoms with Crippen molar-refractivity contribution in [3.05, 3.63) is 113 Å². The van der Waals surface area contributed by atoms with Crippen molar-refractivity contribution in [1.29, 1.82) is 0 Å². The second-order valence-electron chi connectivity index (χ2n) is 8.98. The number of methoxy groups -OCH3 is 1. The Labute approximate surface area is 214 Å². The number of benzene rings is 3. The number of rotatable bonds is 9. The molecule has 1 unspecified atom stereocenters. The monoisotopic (exact) mass is 497 g/mol. The van der Waals surface area contributed by atoms with Gasteiger partial charge < -0.3 is 23.9 Å². The molecule has 0 saturated heterocycles. The maximum absolute atomic E-state index is 13.6. The zero-order valence-electron chi connectivity index (χ0n) is 20.6. The zero-order chi connectivity index (χ0) is 25.9. The molecule has 7 nitrogen and oxygen atoms in total. The molecular weight excluding hydrogens is 470 g/mol. The highest BCUT2D eigenvalue weighted by molar-refractivity contribution is 6.16. The van der Waals surface area contributed by atoms with Crippen molar-refractivity contribution >= 4 is 22.7 Å². The summed E-state index contributed by atoms with van der Waals surface area (Å²) in [4.78, 5) is 28.2. The Morgan fingerprint density at radius 3 is 2.57 bits per heavy atom. The fraction of sp³-hybridized carbons (Fsp3) is 0.200. The zero-order valence-corrected chi connectivity index (χ0v) is 20.6. The highest BCUT2D eigenvalue weighted by Crippen LogP contribution is 2.40. The normalized spacial score (nSPS) is 15.6. The topological polar surface area (TPSA) is 89.2 Å². The van der Waals surface area contributed by atoms with Gasteiger partial charge in [-0.1, -0.05) is 60.2 Å². The molecule has 2 heterocycles. The number of ether oxygens (including phenoxy) is 2. The van der Waals surface area contributed by atoms with Crippen LogP contribution in [0.5, 0.6) is 5.75 Å². The van der Waals surface area contributed by atoms with E-state index in [4.69, 9.17) is 13.9 Å². The second kappa shape index (κ2) is 10.3. The van der Waals surface area contributed by atoms with Crippen LogP contribution in [0.25, 0.3) is 11.0 Å². The Balaban J connectivity index is 1.49. The van der Waals surface area contributed by atoms with Gasteiger partial charge in [-0.15, -0.1) is 0 Å². The summed E-state index contributed by atoms with van der Waals surface area (Å²) in [6.07, 6.45) is 0. The van der Waals surface area contributed by atoms with Crippen LogP contribution in [0.4, 0.5) is 0 Å². The van der Waals surface area contributed by atoms with Crippen LogP contribution in [0.3, 0.4) is 0 Å². The van der Waals surface area contributed by atoms with Gasteiger partial charge in [0.25, 0.3) is 5.91 Å². The van der Waals surface area contributed by atoms with Gasteiger partial charge in [0, 0.05) is 19.0 Å². The Morgan fingerprint density at radius 2 is 1.81 bits per heavy atom. The molecule has 1 aromatic heterocycles. The third kappa shape index (κ3) is 4.86. The van der Waals surface area contributed by atoms with E-state index in [1.54, 1.807) is 30.3 Å². The SMILES string of the molecule is COCCN1C(=O)C(O)=C(C(=O)c2cc3ccccc3o2)C1c1cccc(OCc2ccc(C)cc2)c1. The van der Waals surface area contributed by atoms with Crippen molar-refractivity contribution in [3.63, 3.8) is 0 Å². The van der Waals surface area contributed by atoms with E-state index in [-0.39, 0.29) is 24.5 Å². The number of carbonyl (C=O) groups excluding carboxylic acids is 2. The molecule has 188 valence electrons. The molecule has 1 aliphatic rings. The summed E-state index contributed by atoms with van der Waals surface area (Å²) in [6, 6.07) is 23.3. The van der Waals surface area contributed by atoms with Crippen LogP contribution in [0.15, 0.2) is 94.6 Å². The minimum absolute atomic E-state index is 0.0316. The minimum atomic E-state index is -0.828. The average Bonchev–Trinajstić information content (AvgIpc) is 3.46. The van der Waals surface area contributed by atoms with Crippen molar-refractivity contribution in [2.45, 2.75) is 19.6 Å². The summed E-state index contributed by atoms with van der Waals surface area (Å²) in [7, 11) is 1.53. The Kier molecular flexibility index (Phi) is 6.79. The number of fused-ring (bicyclic) bond motifs is 1. The summed E-state index contributed by atoms with van der Waals surface area (Å²) in [5.41, 5.74) is 3.34. The van der Waals surface area contributed by atoms with Crippen LogP contribution >= 0.6 is 0 Å². The van der Waals surface area contributed by atoms with E-state index in [2.05, 4.69) is 0 Å². The van der Waals surface area contributed by atoms with Gasteiger partial charge in [0.1, 0.15) is 17.9 Å². The summed E-state index contributed by atoms with van der Waals surface area (Å²) in [5.74, 6) is -1.12. The molecule has 0 bridgehead atoms. The summed E-state index contributed by atoms with van der Waals surface area (Å²) < 4.78 is 17.0. The number of para-hydroxylation sites is 1. The van der Waals surface area contributed by atoms with Crippen molar-refractivity contribution in [2.24, 2.45) is 0 Å². The molecular formula is C30H27NO6. The number of hydrogen-bond acceptors (Lipinski definition) is 6. The number of aryl methyl sites for hydroxylation is 1. The van der Waals surface area contributed by atoms with Gasteiger partial charge in [-0.25, -0.2) is 0 Å². The van der Waals surface area contributed by atoms with Crippen LogP contribution in [0.1, 0.15) is 33.3 Å². The summed E-state index contributed by atoms with van der Waals surface area (Å²) in [5, 5.41) is 11.6. The Bertz CT molecular complexity index is 1450. The highest BCUT2D eigenvalue weighted by Gasteiger charge is 2.44. The van der Waals surface area contributed by atoms with E-state index < -0.39 is 23.5 Å². The third-order valence-electron chi connectivity index (χ3n) is 6.43. The third-order valence-corrected chi connectivity index (χ3v) is 6.43. The maximum Gasteiger partial charge on any atom is 0.290 e. The molecule has 0 fully saturated rings. The lowest BCUT2D eigenvalue weighted by Gasteiger charge is -2.26. The minimum Gasteiger partial charge on any atom is -0.503 e. The van der Waals surface area contributed by atoms with Crippen LogP contribution < -0.4 is 4.74 Å². The molecule has 3 aromatic carbocycles. The largest absolute Gasteiger partial charge is 0.503 e. The Morgan fingerprint density at radius 1 is 1.03 bits per heavy atom. The molecule has 0 aliphatic carbocycles. The lowest BCUT2D eigenvalue weighted by Crippen LogP contribution is -2.34. The number of furan rings is 1. The highest BCUT2D eigenvalue weighted by atomic mass is 16.5. The number of aliphatic hydroxyl groups excluding tert-OH is 1. The van der Waals surface area contributed by atoms with Crippen LogP contribution in [0, 0.1) is 6.92 Å². The van der Waals surface area contributed by atoms with Gasteiger partial charge in [-0.2, -0.15) is 0 Å². The van der Waals surface area contributed by atoms with Gasteiger partial charge in [0.15, 0.2) is 11.5 Å². The predicted molar refractivity (Wildman–Crippen MR) is 138 cm³/mol. The number of ketones is 1. The fourth-order valence-corrected chi connectivity index (χ4v) is 4.50. The lowest BCUT2D eigenvalue weighted by atomic mass is 9.95.